The number of hydrogen-bond donors (Lipinski definition) is 2. The van der Waals surface area contributed by atoms with Crippen LogP contribution in [0.4, 0.5) is 5.69 Å². The van der Waals surface area contributed by atoms with Crippen molar-refractivity contribution in [2.24, 2.45) is 5.92 Å². The normalized spacial score (nSPS) is 16.0. The van der Waals surface area contributed by atoms with E-state index >= 15 is 0 Å². The van der Waals surface area contributed by atoms with Gasteiger partial charge in [0.2, 0.25) is 5.91 Å². The van der Waals surface area contributed by atoms with Crippen molar-refractivity contribution < 1.29 is 17.8 Å². The number of aromatic nitrogens is 2. The highest BCUT2D eigenvalue weighted by molar-refractivity contribution is 7.86. The van der Waals surface area contributed by atoms with Crippen molar-refractivity contribution in [1.82, 2.24) is 9.55 Å². The van der Waals surface area contributed by atoms with Crippen LogP contribution in [-0.2, 0) is 14.9 Å². The second kappa shape index (κ2) is 6.74. The molecule has 1 amide bonds. The predicted octanol–water partition coefficient (Wildman–Crippen LogP) is 2.64. The van der Waals surface area contributed by atoms with Gasteiger partial charge in [0.15, 0.2) is 0 Å². The van der Waals surface area contributed by atoms with E-state index in [2.05, 4.69) is 10.3 Å². The van der Waals surface area contributed by atoms with Crippen molar-refractivity contribution in [1.29, 1.82) is 0 Å². The second-order valence-corrected chi connectivity index (χ2v) is 7.34. The lowest BCUT2D eigenvalue weighted by atomic mass is 9.88. The van der Waals surface area contributed by atoms with Crippen LogP contribution in [-0.4, -0.2) is 28.4 Å². The van der Waals surface area contributed by atoms with Crippen LogP contribution in [0.15, 0.2) is 41.8 Å². The summed E-state index contributed by atoms with van der Waals surface area (Å²) in [5.41, 5.74) is 0.720. The largest absolute Gasteiger partial charge is 0.325 e. The molecule has 1 aliphatic carbocycles. The summed E-state index contributed by atoms with van der Waals surface area (Å²) in [4.78, 5) is 16.1. The number of carbonyl (C=O) groups is 1. The minimum atomic E-state index is -4.43. The maximum absolute atomic E-state index is 12.4. The minimum Gasteiger partial charge on any atom is -0.325 e. The smallest absolute Gasteiger partial charge is 0.296 e. The van der Waals surface area contributed by atoms with E-state index in [9.17, 15) is 17.8 Å². The number of imidazole rings is 1. The van der Waals surface area contributed by atoms with Crippen LogP contribution in [0.1, 0.15) is 32.1 Å². The molecule has 3 rings (SSSR count). The summed E-state index contributed by atoms with van der Waals surface area (Å²) >= 11 is 0. The lowest BCUT2D eigenvalue weighted by Gasteiger charge is -2.21. The van der Waals surface area contributed by atoms with Gasteiger partial charge in [0.05, 0.1) is 12.0 Å². The molecule has 1 aromatic heterocycles. The average molecular weight is 349 g/mol. The topological polar surface area (TPSA) is 101 Å². The molecule has 0 aliphatic heterocycles. The van der Waals surface area contributed by atoms with Crippen molar-refractivity contribution in [3.63, 3.8) is 0 Å². The molecule has 1 aromatic carbocycles. The van der Waals surface area contributed by atoms with Gasteiger partial charge in [0.1, 0.15) is 4.90 Å². The van der Waals surface area contributed by atoms with Gasteiger partial charge in [-0.15, -0.1) is 0 Å². The van der Waals surface area contributed by atoms with Gasteiger partial charge in [0, 0.05) is 24.0 Å². The predicted molar refractivity (Wildman–Crippen MR) is 88.6 cm³/mol. The molecule has 0 saturated heterocycles. The molecular weight excluding hydrogens is 330 g/mol. The van der Waals surface area contributed by atoms with Crippen LogP contribution in [0, 0.1) is 5.92 Å². The Hall–Kier alpha value is -2.19. The first-order valence-electron chi connectivity index (χ1n) is 7.86. The molecular formula is C16H19N3O4S. The Bertz CT molecular complexity index is 825. The van der Waals surface area contributed by atoms with Crippen LogP contribution < -0.4 is 5.32 Å². The lowest BCUT2D eigenvalue weighted by Crippen LogP contribution is -2.25. The maximum atomic E-state index is 12.4. The summed E-state index contributed by atoms with van der Waals surface area (Å²) in [6.45, 7) is 0. The fraction of sp³-hybridized carbons (Fsp3) is 0.375. The molecule has 0 radical (unpaired) electrons. The summed E-state index contributed by atoms with van der Waals surface area (Å²) in [6.07, 6.45) is 9.58. The van der Waals surface area contributed by atoms with E-state index in [1.165, 1.54) is 12.1 Å². The Kier molecular flexibility index (Phi) is 4.68. The molecule has 0 atom stereocenters. The lowest BCUT2D eigenvalue weighted by molar-refractivity contribution is -0.120. The van der Waals surface area contributed by atoms with Crippen molar-refractivity contribution in [2.45, 2.75) is 37.0 Å². The second-order valence-electron chi connectivity index (χ2n) is 5.95. The van der Waals surface area contributed by atoms with Gasteiger partial charge in [-0.1, -0.05) is 19.3 Å². The molecule has 1 saturated carbocycles. The zero-order valence-electron chi connectivity index (χ0n) is 13.1. The van der Waals surface area contributed by atoms with Crippen LogP contribution in [0.2, 0.25) is 0 Å². The maximum Gasteiger partial charge on any atom is 0.296 e. The fourth-order valence-corrected chi connectivity index (χ4v) is 3.64. The van der Waals surface area contributed by atoms with Crippen LogP contribution in [0.25, 0.3) is 5.69 Å². The van der Waals surface area contributed by atoms with Crippen LogP contribution >= 0.6 is 0 Å². The molecule has 24 heavy (non-hydrogen) atoms. The molecule has 1 heterocycles. The molecule has 0 spiro atoms. The first-order valence-corrected chi connectivity index (χ1v) is 9.30. The SMILES string of the molecule is O=C(Nc1cc(-n2ccnc2)ccc1S(=O)(=O)O)C1CCCCC1. The number of nitrogens with zero attached hydrogens (tertiary/aromatic N) is 2. The monoisotopic (exact) mass is 349 g/mol. The van der Waals surface area contributed by atoms with Crippen molar-refractivity contribution in [3.8, 4) is 5.69 Å². The highest BCUT2D eigenvalue weighted by atomic mass is 32.2. The first-order chi connectivity index (χ1) is 11.4. The summed E-state index contributed by atoms with van der Waals surface area (Å²) in [7, 11) is -4.43. The summed E-state index contributed by atoms with van der Waals surface area (Å²) in [6, 6.07) is 4.34. The quantitative estimate of drug-likeness (QED) is 0.826. The third kappa shape index (κ3) is 3.65. The molecule has 2 aromatic rings. The fourth-order valence-electron chi connectivity index (χ4n) is 3.01. The van der Waals surface area contributed by atoms with Gasteiger partial charge in [-0.2, -0.15) is 8.42 Å². The number of nitrogens with one attached hydrogen (secondary N) is 1. The van der Waals surface area contributed by atoms with Gasteiger partial charge >= 0.3 is 0 Å². The minimum absolute atomic E-state index is 0.0827. The van der Waals surface area contributed by atoms with Gasteiger partial charge in [-0.25, -0.2) is 4.98 Å². The molecule has 7 nitrogen and oxygen atoms in total. The summed E-state index contributed by atoms with van der Waals surface area (Å²) < 4.78 is 34.3. The number of benzene rings is 1. The van der Waals surface area contributed by atoms with Crippen molar-refractivity contribution >= 4 is 21.7 Å². The molecule has 1 fully saturated rings. The van der Waals surface area contributed by atoms with Crippen LogP contribution in [0.3, 0.4) is 0 Å². The Balaban J connectivity index is 1.93. The van der Waals surface area contributed by atoms with Gasteiger partial charge < -0.3 is 9.88 Å². The van der Waals surface area contributed by atoms with E-state index in [0.29, 0.717) is 5.69 Å². The van der Waals surface area contributed by atoms with E-state index in [-0.39, 0.29) is 22.4 Å². The van der Waals surface area contributed by atoms with Gasteiger partial charge in [0.25, 0.3) is 10.1 Å². The van der Waals surface area contributed by atoms with E-state index in [1.807, 2.05) is 0 Å². The Morgan fingerprint density at radius 3 is 2.62 bits per heavy atom. The number of anilines is 1. The van der Waals surface area contributed by atoms with E-state index in [1.54, 1.807) is 29.4 Å². The highest BCUT2D eigenvalue weighted by Crippen LogP contribution is 2.28. The van der Waals surface area contributed by atoms with E-state index in [4.69, 9.17) is 0 Å². The molecule has 1 aliphatic rings. The Morgan fingerprint density at radius 2 is 2.00 bits per heavy atom. The third-order valence-electron chi connectivity index (χ3n) is 4.28. The van der Waals surface area contributed by atoms with Crippen molar-refractivity contribution in [2.75, 3.05) is 5.32 Å². The zero-order chi connectivity index (χ0) is 17.2. The first kappa shape index (κ1) is 16.7. The van der Waals surface area contributed by atoms with E-state index in [0.717, 1.165) is 32.1 Å². The van der Waals surface area contributed by atoms with Gasteiger partial charge in [-0.05, 0) is 31.0 Å². The Labute approximate surface area is 140 Å². The number of carbonyl (C=O) groups excluding carboxylic acids is 1. The van der Waals surface area contributed by atoms with Crippen molar-refractivity contribution in [3.05, 3.63) is 36.9 Å². The zero-order valence-corrected chi connectivity index (χ0v) is 13.9. The molecule has 8 heteroatoms. The van der Waals surface area contributed by atoms with Crippen LogP contribution in [0.5, 0.6) is 0 Å². The molecule has 2 N–H and O–H groups in total. The highest BCUT2D eigenvalue weighted by Gasteiger charge is 2.24. The Morgan fingerprint density at radius 1 is 1.25 bits per heavy atom. The summed E-state index contributed by atoms with van der Waals surface area (Å²) in [5.74, 6) is -0.327. The third-order valence-corrected chi connectivity index (χ3v) is 5.19. The number of amides is 1. The van der Waals surface area contributed by atoms with E-state index < -0.39 is 10.1 Å². The number of hydrogen-bond acceptors (Lipinski definition) is 4. The standard InChI is InChI=1S/C16H19N3O4S/c20-16(12-4-2-1-3-5-12)18-14-10-13(19-9-8-17-11-19)6-7-15(14)24(21,22)23/h6-12H,1-5H2,(H,18,20)(H,21,22,23). The summed E-state index contributed by atoms with van der Waals surface area (Å²) in [5, 5.41) is 2.68. The van der Waals surface area contributed by atoms with Gasteiger partial charge in [-0.3, -0.25) is 9.35 Å². The average Bonchev–Trinajstić information content (AvgIpc) is 3.09. The molecule has 0 unspecified atom stereocenters. The molecule has 128 valence electrons. The molecule has 0 bridgehead atoms. The number of rotatable bonds is 4.